The van der Waals surface area contributed by atoms with E-state index in [-0.39, 0.29) is 24.5 Å². The van der Waals surface area contributed by atoms with Gasteiger partial charge in [-0.2, -0.15) is 0 Å². The molecular weight excluding hydrogens is 638 g/mol. The number of esters is 2. The van der Waals surface area contributed by atoms with Crippen molar-refractivity contribution in [2.45, 2.75) is 239 Å². The highest BCUT2D eigenvalue weighted by Gasteiger charge is 2.14. The van der Waals surface area contributed by atoms with Crippen LogP contribution in [0.25, 0.3) is 0 Å². The van der Waals surface area contributed by atoms with Gasteiger partial charge in [0.15, 0.2) is 0 Å². The van der Waals surface area contributed by atoms with Crippen molar-refractivity contribution < 1.29 is 29.0 Å². The van der Waals surface area contributed by atoms with E-state index in [0.29, 0.717) is 26.0 Å². The molecule has 0 aromatic carbocycles. The molecule has 0 radical (unpaired) electrons. The minimum absolute atomic E-state index is 0.0156. The monoisotopic (exact) mass is 724 g/mol. The van der Waals surface area contributed by atoms with Gasteiger partial charge in [0.1, 0.15) is 6.10 Å². The number of carboxylic acids is 1. The van der Waals surface area contributed by atoms with E-state index in [1.807, 2.05) is 0 Å². The van der Waals surface area contributed by atoms with Crippen LogP contribution in [0.15, 0.2) is 0 Å². The number of rotatable bonds is 41. The van der Waals surface area contributed by atoms with Gasteiger partial charge in [0.05, 0.1) is 13.0 Å². The van der Waals surface area contributed by atoms with Gasteiger partial charge in [-0.05, 0) is 70.9 Å². The summed E-state index contributed by atoms with van der Waals surface area (Å²) < 4.78 is 11.4. The summed E-state index contributed by atoms with van der Waals surface area (Å²) in [5.74, 6) is -0.814. The molecule has 51 heavy (non-hydrogen) atoms. The summed E-state index contributed by atoms with van der Waals surface area (Å²) >= 11 is 0. The fourth-order valence-corrected chi connectivity index (χ4v) is 6.81. The fourth-order valence-electron chi connectivity index (χ4n) is 6.81. The average Bonchev–Trinajstić information content (AvgIpc) is 3.11. The Labute approximate surface area is 316 Å². The van der Waals surface area contributed by atoms with Crippen LogP contribution in [0.4, 0.5) is 0 Å². The van der Waals surface area contributed by atoms with Gasteiger partial charge in [-0.3, -0.25) is 14.4 Å². The SMILES string of the molecule is CCCCCCCCCOC(=O)CCCCCCCN(CCCCCCCC(=O)OC(CCCCCCC)CCCCCCCC)CCC(=O)O. The van der Waals surface area contributed by atoms with E-state index in [9.17, 15) is 19.5 Å². The van der Waals surface area contributed by atoms with Crippen LogP contribution in [0.3, 0.4) is 0 Å². The summed E-state index contributed by atoms with van der Waals surface area (Å²) in [7, 11) is 0. The molecule has 0 heterocycles. The number of hydrogen-bond donors (Lipinski definition) is 1. The van der Waals surface area contributed by atoms with Gasteiger partial charge in [-0.15, -0.1) is 0 Å². The largest absolute Gasteiger partial charge is 0.481 e. The van der Waals surface area contributed by atoms with E-state index in [1.54, 1.807) is 0 Å². The number of carbonyl (C=O) groups excluding carboxylic acids is 2. The lowest BCUT2D eigenvalue weighted by molar-refractivity contribution is -0.150. The van der Waals surface area contributed by atoms with Crippen LogP contribution in [-0.4, -0.2) is 60.3 Å². The van der Waals surface area contributed by atoms with Gasteiger partial charge in [0.2, 0.25) is 0 Å². The van der Waals surface area contributed by atoms with Crippen molar-refractivity contribution in [2.75, 3.05) is 26.2 Å². The number of aliphatic carboxylic acids is 1. The first-order chi connectivity index (χ1) is 24.9. The third kappa shape index (κ3) is 37.9. The molecule has 0 fully saturated rings. The van der Waals surface area contributed by atoms with Gasteiger partial charge in [0.25, 0.3) is 0 Å². The first-order valence-corrected chi connectivity index (χ1v) is 22.2. The average molecular weight is 724 g/mol. The molecule has 0 aliphatic rings. The Morgan fingerprint density at radius 2 is 0.843 bits per heavy atom. The number of carbonyl (C=O) groups is 3. The van der Waals surface area contributed by atoms with Crippen LogP contribution in [-0.2, 0) is 23.9 Å². The van der Waals surface area contributed by atoms with Crippen LogP contribution < -0.4 is 0 Å². The van der Waals surface area contributed by atoms with Crippen molar-refractivity contribution in [1.29, 1.82) is 0 Å². The second-order valence-electron chi connectivity index (χ2n) is 15.2. The maximum Gasteiger partial charge on any atom is 0.306 e. The maximum absolute atomic E-state index is 12.7. The summed E-state index contributed by atoms with van der Waals surface area (Å²) in [6.45, 7) is 9.75. The smallest absolute Gasteiger partial charge is 0.306 e. The van der Waals surface area contributed by atoms with Crippen LogP contribution in [0.5, 0.6) is 0 Å². The minimum atomic E-state index is -0.739. The second kappa shape index (κ2) is 39.6. The Morgan fingerprint density at radius 1 is 0.451 bits per heavy atom. The quantitative estimate of drug-likeness (QED) is 0.0496. The van der Waals surface area contributed by atoms with Crippen LogP contribution in [0, 0.1) is 0 Å². The van der Waals surface area contributed by atoms with Crippen LogP contribution in [0.2, 0.25) is 0 Å². The van der Waals surface area contributed by atoms with Crippen molar-refractivity contribution in [3.63, 3.8) is 0 Å². The predicted octanol–water partition coefficient (Wildman–Crippen LogP) is 12.8. The summed E-state index contributed by atoms with van der Waals surface area (Å²) in [5.41, 5.74) is 0. The Morgan fingerprint density at radius 3 is 1.31 bits per heavy atom. The van der Waals surface area contributed by atoms with E-state index in [0.717, 1.165) is 116 Å². The topological polar surface area (TPSA) is 93.1 Å². The molecule has 0 bridgehead atoms. The zero-order valence-electron chi connectivity index (χ0n) is 34.2. The molecule has 1 unspecified atom stereocenters. The van der Waals surface area contributed by atoms with E-state index in [1.165, 1.54) is 89.9 Å². The Bertz CT molecular complexity index is 775. The molecule has 1 N–H and O–H groups in total. The number of carboxylic acid groups (broad SMARTS) is 1. The molecule has 1 atom stereocenters. The van der Waals surface area contributed by atoms with Crippen LogP contribution >= 0.6 is 0 Å². The van der Waals surface area contributed by atoms with E-state index in [4.69, 9.17) is 9.47 Å². The third-order valence-corrected chi connectivity index (χ3v) is 10.2. The molecule has 7 nitrogen and oxygen atoms in total. The molecule has 0 aliphatic carbocycles. The number of unbranched alkanes of at least 4 members (excludes halogenated alkanes) is 23. The molecule has 302 valence electrons. The standard InChI is InChI=1S/C44H85NO6/c1-4-7-10-13-15-24-31-40-50-43(48)34-27-20-16-22-29-37-45(39-36-42(46)47)38-30-23-17-21-28-35-44(49)51-41(32-25-18-12-9-6-3)33-26-19-14-11-8-5-2/h41H,4-40H2,1-3H3,(H,46,47). The summed E-state index contributed by atoms with van der Waals surface area (Å²) in [6.07, 6.45) is 36.1. The number of nitrogens with zero attached hydrogens (tertiary/aromatic N) is 1. The molecule has 0 aromatic heterocycles. The lowest BCUT2D eigenvalue weighted by Gasteiger charge is -2.21. The zero-order valence-corrected chi connectivity index (χ0v) is 34.2. The van der Waals surface area contributed by atoms with Crippen molar-refractivity contribution >= 4 is 17.9 Å². The fraction of sp³-hybridized carbons (Fsp3) is 0.932. The van der Waals surface area contributed by atoms with Gasteiger partial charge < -0.3 is 19.5 Å². The molecule has 0 saturated heterocycles. The van der Waals surface area contributed by atoms with Crippen molar-refractivity contribution in [3.8, 4) is 0 Å². The highest BCUT2D eigenvalue weighted by molar-refractivity contribution is 5.69. The first kappa shape index (κ1) is 49.4. The zero-order chi connectivity index (χ0) is 37.5. The van der Waals surface area contributed by atoms with Gasteiger partial charge in [-0.25, -0.2) is 0 Å². The van der Waals surface area contributed by atoms with Crippen molar-refractivity contribution in [3.05, 3.63) is 0 Å². The van der Waals surface area contributed by atoms with E-state index >= 15 is 0 Å². The van der Waals surface area contributed by atoms with E-state index < -0.39 is 5.97 Å². The van der Waals surface area contributed by atoms with E-state index in [2.05, 4.69) is 25.7 Å². The summed E-state index contributed by atoms with van der Waals surface area (Å²) in [4.78, 5) is 38.2. The second-order valence-corrected chi connectivity index (χ2v) is 15.2. The van der Waals surface area contributed by atoms with Gasteiger partial charge in [-0.1, -0.05) is 156 Å². The van der Waals surface area contributed by atoms with Crippen LogP contribution in [0.1, 0.15) is 233 Å². The normalized spacial score (nSPS) is 12.0. The third-order valence-electron chi connectivity index (χ3n) is 10.2. The van der Waals surface area contributed by atoms with Crippen molar-refractivity contribution in [2.24, 2.45) is 0 Å². The van der Waals surface area contributed by atoms with Crippen molar-refractivity contribution in [1.82, 2.24) is 4.90 Å². The molecular formula is C44H85NO6. The number of ether oxygens (including phenoxy) is 2. The highest BCUT2D eigenvalue weighted by atomic mass is 16.5. The minimum Gasteiger partial charge on any atom is -0.481 e. The lowest BCUT2D eigenvalue weighted by atomic mass is 10.0. The van der Waals surface area contributed by atoms with Gasteiger partial charge >= 0.3 is 17.9 Å². The molecule has 0 rings (SSSR count). The number of hydrogen-bond acceptors (Lipinski definition) is 6. The molecule has 0 aliphatic heterocycles. The molecule has 7 heteroatoms. The summed E-state index contributed by atoms with van der Waals surface area (Å²) in [6, 6.07) is 0. The maximum atomic E-state index is 12.7. The molecule has 0 amide bonds. The Balaban J connectivity index is 4.09. The first-order valence-electron chi connectivity index (χ1n) is 22.2. The predicted molar refractivity (Wildman–Crippen MR) is 214 cm³/mol. The summed E-state index contributed by atoms with van der Waals surface area (Å²) in [5, 5.41) is 9.22. The van der Waals surface area contributed by atoms with Gasteiger partial charge in [0, 0.05) is 19.4 Å². The molecule has 0 aromatic rings. The highest BCUT2D eigenvalue weighted by Crippen LogP contribution is 2.18. The Hall–Kier alpha value is -1.63. The lowest BCUT2D eigenvalue weighted by Crippen LogP contribution is -2.28. The molecule has 0 spiro atoms. The molecule has 0 saturated carbocycles. The Kier molecular flexibility index (Phi) is 38.3.